The number of carbonyl (C=O) groups excluding carboxylic acids is 1. The third-order valence-corrected chi connectivity index (χ3v) is 6.35. The van der Waals surface area contributed by atoms with Crippen LogP contribution in [-0.4, -0.2) is 17.1 Å². The number of ether oxygens (including phenoxy) is 1. The summed E-state index contributed by atoms with van der Waals surface area (Å²) in [6.45, 7) is 0. The number of halogens is 1. The molecule has 0 radical (unpaired) electrons. The molecule has 5 rings (SSSR count). The Morgan fingerprint density at radius 1 is 0.865 bits per heavy atom. The van der Waals surface area contributed by atoms with Crippen LogP contribution in [0.2, 0.25) is 5.02 Å². The Balaban J connectivity index is 1.33. The van der Waals surface area contributed by atoms with Gasteiger partial charge in [-0.25, -0.2) is 4.98 Å². The summed E-state index contributed by atoms with van der Waals surface area (Å²) in [5.41, 5.74) is 5.88. The maximum atomic E-state index is 12.8. The number of para-hydroxylation sites is 1. The van der Waals surface area contributed by atoms with Gasteiger partial charge in [-0.05, 0) is 54.1 Å². The van der Waals surface area contributed by atoms with E-state index in [9.17, 15) is 4.79 Å². The zero-order chi connectivity index (χ0) is 25.5. The number of hydrogen-bond acceptors (Lipinski definition) is 6. The molecule has 182 valence electrons. The van der Waals surface area contributed by atoms with E-state index in [4.69, 9.17) is 16.3 Å². The van der Waals surface area contributed by atoms with Crippen LogP contribution in [0, 0.1) is 0 Å². The van der Waals surface area contributed by atoms with Crippen molar-refractivity contribution >= 4 is 45.2 Å². The number of amides is 1. The van der Waals surface area contributed by atoms with Crippen LogP contribution in [0.5, 0.6) is 11.5 Å². The molecule has 0 atom stereocenters. The Morgan fingerprint density at radius 3 is 2.32 bits per heavy atom. The van der Waals surface area contributed by atoms with Crippen molar-refractivity contribution in [3.05, 3.63) is 125 Å². The highest BCUT2D eigenvalue weighted by molar-refractivity contribution is 7.20. The summed E-state index contributed by atoms with van der Waals surface area (Å²) >= 11 is 7.26. The molecule has 0 aliphatic heterocycles. The number of hydrazone groups is 1. The van der Waals surface area contributed by atoms with Crippen LogP contribution in [0.4, 0.5) is 10.1 Å². The lowest BCUT2D eigenvalue weighted by molar-refractivity contribution is 0.102. The maximum Gasteiger partial charge on any atom is 0.256 e. The highest BCUT2D eigenvalue weighted by Gasteiger charge is 2.16. The smallest absolute Gasteiger partial charge is 0.256 e. The summed E-state index contributed by atoms with van der Waals surface area (Å²) in [6.07, 6.45) is 1.69. The molecule has 0 saturated heterocycles. The number of thiazole rings is 1. The molecule has 6 nitrogen and oxygen atoms in total. The number of hydrogen-bond donors (Lipinski definition) is 2. The Kier molecular flexibility index (Phi) is 7.55. The highest BCUT2D eigenvalue weighted by Crippen LogP contribution is 2.36. The molecule has 1 aromatic heterocycles. The second-order valence-electron chi connectivity index (χ2n) is 7.88. The topological polar surface area (TPSA) is 75.6 Å². The summed E-state index contributed by atoms with van der Waals surface area (Å²) in [7, 11) is 0. The zero-order valence-corrected chi connectivity index (χ0v) is 21.0. The monoisotopic (exact) mass is 524 g/mol. The summed E-state index contributed by atoms with van der Waals surface area (Å²) in [6, 6.07) is 33.6. The van der Waals surface area contributed by atoms with Gasteiger partial charge < -0.3 is 10.1 Å². The van der Waals surface area contributed by atoms with Gasteiger partial charge in [-0.2, -0.15) is 5.10 Å². The van der Waals surface area contributed by atoms with Crippen molar-refractivity contribution in [2.75, 3.05) is 10.7 Å². The molecule has 0 unspecified atom stereocenters. The lowest BCUT2D eigenvalue weighted by Gasteiger charge is -2.05. The average molecular weight is 525 g/mol. The largest absolute Gasteiger partial charge is 0.457 e. The van der Waals surface area contributed by atoms with Gasteiger partial charge in [0.05, 0.1) is 6.21 Å². The molecule has 5 aromatic rings. The van der Waals surface area contributed by atoms with E-state index >= 15 is 0 Å². The summed E-state index contributed by atoms with van der Waals surface area (Å²) in [5.74, 6) is 1.23. The Morgan fingerprint density at radius 2 is 1.57 bits per heavy atom. The summed E-state index contributed by atoms with van der Waals surface area (Å²) < 4.78 is 5.89. The predicted octanol–water partition coefficient (Wildman–Crippen LogP) is 7.95. The van der Waals surface area contributed by atoms with Gasteiger partial charge in [0.15, 0.2) is 0 Å². The quantitative estimate of drug-likeness (QED) is 0.159. The average Bonchev–Trinajstić information content (AvgIpc) is 3.32. The van der Waals surface area contributed by atoms with Crippen molar-refractivity contribution in [3.63, 3.8) is 0 Å². The van der Waals surface area contributed by atoms with Crippen LogP contribution >= 0.6 is 22.9 Å². The van der Waals surface area contributed by atoms with Crippen molar-refractivity contribution in [3.8, 4) is 22.8 Å². The summed E-state index contributed by atoms with van der Waals surface area (Å²) in [4.78, 5) is 17.5. The van der Waals surface area contributed by atoms with Gasteiger partial charge in [0.25, 0.3) is 5.91 Å². The van der Waals surface area contributed by atoms with E-state index in [0.29, 0.717) is 32.2 Å². The van der Waals surface area contributed by atoms with Crippen molar-refractivity contribution in [1.82, 2.24) is 4.98 Å². The number of anilines is 2. The van der Waals surface area contributed by atoms with E-state index in [1.54, 1.807) is 30.5 Å². The Bertz CT molecular complexity index is 1520. The molecule has 2 N–H and O–H groups in total. The molecule has 1 amide bonds. The fraction of sp³-hybridized carbons (Fsp3) is 0. The lowest BCUT2D eigenvalue weighted by atomic mass is 10.1. The number of nitrogens with zero attached hydrogens (tertiary/aromatic N) is 2. The standard InChI is InChI=1S/C29H21ClN4O2S/c30-23-16-14-22(15-17-23)27(35)33-28-26(21-9-3-1-4-10-21)32-29(37-28)34-31-19-20-8-7-13-25(18-20)36-24-11-5-2-6-12-24/h1-19H,(H,32,34)(H,33,35)/b31-19+. The van der Waals surface area contributed by atoms with E-state index < -0.39 is 0 Å². The van der Waals surface area contributed by atoms with Gasteiger partial charge in [-0.15, -0.1) is 0 Å². The number of benzene rings is 4. The Labute approximate surface area is 223 Å². The minimum absolute atomic E-state index is 0.247. The first-order valence-electron chi connectivity index (χ1n) is 11.4. The molecule has 0 fully saturated rings. The van der Waals surface area contributed by atoms with Crippen molar-refractivity contribution in [2.45, 2.75) is 0 Å². The van der Waals surface area contributed by atoms with Gasteiger partial charge in [0.1, 0.15) is 22.2 Å². The molecular weight excluding hydrogens is 504 g/mol. The first kappa shape index (κ1) is 24.2. The molecular formula is C29H21ClN4O2S. The SMILES string of the molecule is O=C(Nc1sc(N/N=C/c2cccc(Oc3ccccc3)c2)nc1-c1ccccc1)c1ccc(Cl)cc1. The fourth-order valence-electron chi connectivity index (χ4n) is 3.47. The van der Waals surface area contributed by atoms with Gasteiger partial charge in [-0.3, -0.25) is 10.2 Å². The molecule has 4 aromatic carbocycles. The second-order valence-corrected chi connectivity index (χ2v) is 9.32. The second kappa shape index (κ2) is 11.5. The zero-order valence-electron chi connectivity index (χ0n) is 19.5. The first-order chi connectivity index (χ1) is 18.1. The predicted molar refractivity (Wildman–Crippen MR) is 151 cm³/mol. The van der Waals surface area contributed by atoms with E-state index in [1.807, 2.05) is 84.9 Å². The van der Waals surface area contributed by atoms with Crippen LogP contribution in [-0.2, 0) is 0 Å². The van der Waals surface area contributed by atoms with E-state index in [0.717, 1.165) is 16.9 Å². The van der Waals surface area contributed by atoms with Gasteiger partial charge in [0, 0.05) is 16.1 Å². The molecule has 0 saturated carbocycles. The highest BCUT2D eigenvalue weighted by atomic mass is 35.5. The maximum absolute atomic E-state index is 12.8. The number of rotatable bonds is 8. The molecule has 0 aliphatic rings. The van der Waals surface area contributed by atoms with Crippen molar-refractivity contribution in [2.24, 2.45) is 5.10 Å². The minimum atomic E-state index is -0.247. The van der Waals surface area contributed by atoms with Crippen LogP contribution in [0.15, 0.2) is 114 Å². The van der Waals surface area contributed by atoms with Crippen molar-refractivity contribution in [1.29, 1.82) is 0 Å². The fourth-order valence-corrected chi connectivity index (χ4v) is 4.42. The van der Waals surface area contributed by atoms with Gasteiger partial charge >= 0.3 is 0 Å². The number of carbonyl (C=O) groups is 1. The molecule has 8 heteroatoms. The first-order valence-corrected chi connectivity index (χ1v) is 12.6. The lowest BCUT2D eigenvalue weighted by Crippen LogP contribution is -2.11. The van der Waals surface area contributed by atoms with Gasteiger partial charge in [0.2, 0.25) is 5.13 Å². The number of nitrogens with one attached hydrogen (secondary N) is 2. The van der Waals surface area contributed by atoms with E-state index in [2.05, 4.69) is 20.8 Å². The molecule has 37 heavy (non-hydrogen) atoms. The van der Waals surface area contributed by atoms with E-state index in [1.165, 1.54) is 11.3 Å². The van der Waals surface area contributed by atoms with Crippen LogP contribution in [0.1, 0.15) is 15.9 Å². The molecule has 0 bridgehead atoms. The minimum Gasteiger partial charge on any atom is -0.457 e. The van der Waals surface area contributed by atoms with Crippen LogP contribution in [0.25, 0.3) is 11.3 Å². The number of aromatic nitrogens is 1. The van der Waals surface area contributed by atoms with Crippen LogP contribution in [0.3, 0.4) is 0 Å². The molecule has 1 heterocycles. The third-order valence-electron chi connectivity index (χ3n) is 5.22. The van der Waals surface area contributed by atoms with Gasteiger partial charge in [-0.1, -0.05) is 83.6 Å². The third kappa shape index (κ3) is 6.41. The van der Waals surface area contributed by atoms with Crippen LogP contribution < -0.4 is 15.5 Å². The Hall–Kier alpha value is -4.46. The molecule has 0 spiro atoms. The van der Waals surface area contributed by atoms with E-state index in [-0.39, 0.29) is 5.91 Å². The normalized spacial score (nSPS) is 10.8. The summed E-state index contributed by atoms with van der Waals surface area (Å²) in [5, 5.41) is 9.04. The van der Waals surface area contributed by atoms with Crippen molar-refractivity contribution < 1.29 is 9.53 Å². The molecule has 0 aliphatic carbocycles.